The second-order valence-corrected chi connectivity index (χ2v) is 10.9. The number of benzene rings is 1. The smallest absolute Gasteiger partial charge is 0.197 e. The van der Waals surface area contributed by atoms with Crippen LogP contribution in [-0.4, -0.2) is 49.8 Å². The molecule has 0 radical (unpaired) electrons. The van der Waals surface area contributed by atoms with Gasteiger partial charge in [0.15, 0.2) is 11.6 Å². The van der Waals surface area contributed by atoms with E-state index >= 15 is 0 Å². The standard InChI is InChI=1S/C12H8N2.C11H9FN2.C10H8N2.C8H6N4/c1-3-9-5-6-10-4-2-8-14-12(10)11(9)13-7-1;1-8-2-4-13-10(6-8)11-7-9(12)3-5-14-11;1-3-7-11-9(5-1)10-6-2-4-8-12-10;1-3-9-7(10-4-1)8-11-5-2-6-12-8/h1-8H;2-7H,1H3;1-8H;1-6H. The lowest BCUT2D eigenvalue weighted by atomic mass is 10.1. The molecule has 0 fully saturated rings. The van der Waals surface area contributed by atoms with Gasteiger partial charge in [-0.05, 0) is 79.2 Å². The normalized spacial score (nSPS) is 10.1. The monoisotopic (exact) mass is 682 g/mol. The van der Waals surface area contributed by atoms with Crippen molar-refractivity contribution in [2.24, 2.45) is 0 Å². The molecular weight excluding hydrogens is 652 g/mol. The van der Waals surface area contributed by atoms with Gasteiger partial charge in [-0.3, -0.25) is 29.9 Å². The molecule has 0 saturated carbocycles. The van der Waals surface area contributed by atoms with Gasteiger partial charge in [0.2, 0.25) is 0 Å². The molecule has 0 atom stereocenters. The van der Waals surface area contributed by atoms with Gasteiger partial charge in [0.1, 0.15) is 5.82 Å². The molecule has 9 aromatic rings. The number of halogens is 1. The van der Waals surface area contributed by atoms with E-state index in [9.17, 15) is 4.39 Å². The van der Waals surface area contributed by atoms with Gasteiger partial charge in [0.05, 0.1) is 33.8 Å². The Morgan fingerprint density at radius 1 is 0.346 bits per heavy atom. The van der Waals surface area contributed by atoms with Gasteiger partial charge in [0, 0.05) is 78.8 Å². The molecule has 0 aliphatic rings. The van der Waals surface area contributed by atoms with Crippen molar-refractivity contribution in [2.45, 2.75) is 6.92 Å². The van der Waals surface area contributed by atoms with Crippen LogP contribution in [0.5, 0.6) is 0 Å². The highest BCUT2D eigenvalue weighted by Gasteiger charge is 2.03. The number of hydrogen-bond donors (Lipinski definition) is 0. The first kappa shape index (κ1) is 34.6. The van der Waals surface area contributed by atoms with Crippen LogP contribution in [0.1, 0.15) is 5.56 Å². The van der Waals surface area contributed by atoms with E-state index < -0.39 is 0 Å². The molecule has 10 nitrogen and oxygen atoms in total. The number of rotatable bonds is 3. The van der Waals surface area contributed by atoms with Crippen molar-refractivity contribution >= 4 is 21.8 Å². The lowest BCUT2D eigenvalue weighted by molar-refractivity contribution is 0.626. The lowest BCUT2D eigenvalue weighted by Crippen LogP contribution is -1.91. The SMILES string of the molecule is Cc1ccnc(-c2cc(F)ccn2)c1.c1ccc(-c2ccccn2)nc1.c1cnc(-c2ncccn2)nc1.c1cnc2c(c1)ccc1cccnc12. The molecule has 0 saturated heterocycles. The number of fused-ring (bicyclic) bond motifs is 3. The molecule has 52 heavy (non-hydrogen) atoms. The Kier molecular flexibility index (Phi) is 11.9. The third kappa shape index (κ3) is 9.67. The van der Waals surface area contributed by atoms with Gasteiger partial charge in [-0.15, -0.1) is 0 Å². The first-order valence-electron chi connectivity index (χ1n) is 16.1. The third-order valence-electron chi connectivity index (χ3n) is 7.17. The van der Waals surface area contributed by atoms with E-state index in [1.165, 1.54) is 18.3 Å². The van der Waals surface area contributed by atoms with Crippen LogP contribution in [0.25, 0.3) is 56.2 Å². The largest absolute Gasteiger partial charge is 0.255 e. The van der Waals surface area contributed by atoms with E-state index in [2.05, 4.69) is 74.1 Å². The average molecular weight is 683 g/mol. The van der Waals surface area contributed by atoms with E-state index in [0.717, 1.165) is 38.8 Å². The van der Waals surface area contributed by atoms with Gasteiger partial charge >= 0.3 is 0 Å². The summed E-state index contributed by atoms with van der Waals surface area (Å²) in [5, 5.41) is 2.28. The summed E-state index contributed by atoms with van der Waals surface area (Å²) < 4.78 is 12.9. The summed E-state index contributed by atoms with van der Waals surface area (Å²) in [4.78, 5) is 41.3. The summed E-state index contributed by atoms with van der Waals surface area (Å²) in [7, 11) is 0. The van der Waals surface area contributed by atoms with E-state index in [0.29, 0.717) is 23.0 Å². The van der Waals surface area contributed by atoms with Crippen LogP contribution in [0.3, 0.4) is 0 Å². The van der Waals surface area contributed by atoms with E-state index in [-0.39, 0.29) is 5.82 Å². The van der Waals surface area contributed by atoms with E-state index in [4.69, 9.17) is 0 Å². The molecule has 0 bridgehead atoms. The molecule has 0 unspecified atom stereocenters. The van der Waals surface area contributed by atoms with Crippen molar-refractivity contribution in [1.29, 1.82) is 0 Å². The maximum atomic E-state index is 12.9. The van der Waals surface area contributed by atoms with Gasteiger partial charge in [0.25, 0.3) is 0 Å². The third-order valence-corrected chi connectivity index (χ3v) is 7.17. The predicted octanol–water partition coefficient (Wildman–Crippen LogP) is 8.45. The number of aromatic nitrogens is 10. The summed E-state index contributed by atoms with van der Waals surface area (Å²) in [6.07, 6.45) is 16.9. The van der Waals surface area contributed by atoms with Gasteiger partial charge < -0.3 is 0 Å². The molecule has 0 N–H and O–H groups in total. The van der Waals surface area contributed by atoms with Crippen LogP contribution in [0.4, 0.5) is 4.39 Å². The lowest BCUT2D eigenvalue weighted by Gasteiger charge is -2.00. The first-order chi connectivity index (χ1) is 25.6. The molecule has 0 amide bonds. The highest BCUT2D eigenvalue weighted by molar-refractivity contribution is 6.02. The summed E-state index contributed by atoms with van der Waals surface area (Å²) >= 11 is 0. The molecule has 0 spiro atoms. The molecule has 8 aromatic heterocycles. The van der Waals surface area contributed by atoms with Crippen LogP contribution < -0.4 is 0 Å². The molecule has 1 aromatic carbocycles. The van der Waals surface area contributed by atoms with Crippen LogP contribution in [-0.2, 0) is 0 Å². The highest BCUT2D eigenvalue weighted by Crippen LogP contribution is 2.20. The van der Waals surface area contributed by atoms with E-state index in [1.807, 2.05) is 67.6 Å². The Hall–Kier alpha value is -7.27. The second kappa shape index (κ2) is 17.9. The molecule has 0 aliphatic carbocycles. The summed E-state index contributed by atoms with van der Waals surface area (Å²) in [6, 6.07) is 33.7. The fourth-order valence-electron chi connectivity index (χ4n) is 4.76. The molecular formula is C41H31FN10. The van der Waals surface area contributed by atoms with E-state index in [1.54, 1.807) is 67.9 Å². The minimum atomic E-state index is -0.293. The Bertz CT molecular complexity index is 2190. The summed E-state index contributed by atoms with van der Waals surface area (Å²) in [5.74, 6) is 0.814. The van der Waals surface area contributed by atoms with Gasteiger partial charge in [-0.2, -0.15) is 0 Å². The van der Waals surface area contributed by atoms with Crippen molar-refractivity contribution in [3.8, 4) is 34.4 Å². The van der Waals surface area contributed by atoms with Crippen molar-refractivity contribution in [3.05, 3.63) is 183 Å². The highest BCUT2D eigenvalue weighted by atomic mass is 19.1. The molecule has 0 aliphatic heterocycles. The summed E-state index contributed by atoms with van der Waals surface area (Å²) in [6.45, 7) is 1.96. The predicted molar refractivity (Wildman–Crippen MR) is 200 cm³/mol. The Balaban J connectivity index is 0.000000119. The van der Waals surface area contributed by atoms with Crippen molar-refractivity contribution in [1.82, 2.24) is 49.8 Å². The molecule has 252 valence electrons. The maximum Gasteiger partial charge on any atom is 0.197 e. The minimum Gasteiger partial charge on any atom is -0.255 e. The fraction of sp³-hybridized carbons (Fsp3) is 0.0244. The Morgan fingerprint density at radius 3 is 1.25 bits per heavy atom. The van der Waals surface area contributed by atoms with Crippen molar-refractivity contribution in [2.75, 3.05) is 0 Å². The Morgan fingerprint density at radius 2 is 0.788 bits per heavy atom. The Labute approximate surface area is 299 Å². The number of pyridine rings is 6. The molecule has 8 heterocycles. The van der Waals surface area contributed by atoms with Crippen LogP contribution >= 0.6 is 0 Å². The van der Waals surface area contributed by atoms with Crippen LogP contribution in [0, 0.1) is 12.7 Å². The topological polar surface area (TPSA) is 129 Å². The average Bonchev–Trinajstić information content (AvgIpc) is 3.23. The van der Waals surface area contributed by atoms with Crippen molar-refractivity contribution < 1.29 is 4.39 Å². The zero-order chi connectivity index (χ0) is 35.8. The zero-order valence-electron chi connectivity index (χ0n) is 28.0. The fourth-order valence-corrected chi connectivity index (χ4v) is 4.76. The molecule has 11 heteroatoms. The minimum absolute atomic E-state index is 0.293. The second-order valence-electron chi connectivity index (χ2n) is 10.9. The maximum absolute atomic E-state index is 12.9. The van der Waals surface area contributed by atoms with Crippen LogP contribution in [0.2, 0.25) is 0 Å². The first-order valence-corrected chi connectivity index (χ1v) is 16.1. The number of hydrogen-bond acceptors (Lipinski definition) is 10. The van der Waals surface area contributed by atoms with Gasteiger partial charge in [-0.1, -0.05) is 36.4 Å². The van der Waals surface area contributed by atoms with Crippen LogP contribution in [0.15, 0.2) is 171 Å². The number of nitrogens with zero attached hydrogens (tertiary/aromatic N) is 10. The number of aryl methyl sites for hydroxylation is 1. The summed E-state index contributed by atoms with van der Waals surface area (Å²) in [5.41, 5.74) is 6.13. The van der Waals surface area contributed by atoms with Crippen molar-refractivity contribution in [3.63, 3.8) is 0 Å². The van der Waals surface area contributed by atoms with Gasteiger partial charge in [-0.25, -0.2) is 24.3 Å². The zero-order valence-corrected chi connectivity index (χ0v) is 28.0. The molecule has 9 rings (SSSR count). The quantitative estimate of drug-likeness (QED) is 0.167.